The topological polar surface area (TPSA) is 35.6 Å². The van der Waals surface area contributed by atoms with Crippen molar-refractivity contribution in [3.05, 3.63) is 63.5 Å². The van der Waals surface area contributed by atoms with Gasteiger partial charge in [0.1, 0.15) is 4.32 Å². The van der Waals surface area contributed by atoms with Crippen LogP contribution in [0.4, 0.5) is 11.4 Å². The number of para-hydroxylation sites is 1. The lowest BCUT2D eigenvalue weighted by molar-refractivity contribution is -0.121. The number of benzene rings is 2. The Morgan fingerprint density at radius 2 is 1.82 bits per heavy atom. The second kappa shape index (κ2) is 9.58. The summed E-state index contributed by atoms with van der Waals surface area (Å²) in [7, 11) is 0. The Morgan fingerprint density at radius 3 is 2.46 bits per heavy atom. The molecule has 4 nitrogen and oxygen atoms in total. The van der Waals surface area contributed by atoms with E-state index >= 15 is 0 Å². The van der Waals surface area contributed by atoms with E-state index in [-0.39, 0.29) is 5.91 Å². The van der Waals surface area contributed by atoms with Crippen LogP contribution < -0.4 is 10.2 Å². The number of amides is 1. The standard InChI is InChI=1S/C21H22BrN3OS2/c1-3-24(4-2)16-11-9-15(10-12-16)13-19-20(26)25(21(27)28-19)14-23-18-8-6-5-7-17(18)22/h5-13,23H,3-4,14H2,1-2H3. The third kappa shape index (κ3) is 4.77. The molecule has 28 heavy (non-hydrogen) atoms. The van der Waals surface area contributed by atoms with E-state index in [2.05, 4.69) is 52.1 Å². The fraction of sp³-hybridized carbons (Fsp3) is 0.238. The fourth-order valence-corrected chi connectivity index (χ4v) is 4.61. The molecule has 0 aliphatic carbocycles. The van der Waals surface area contributed by atoms with Crippen LogP contribution in [-0.4, -0.2) is 34.9 Å². The molecule has 0 radical (unpaired) electrons. The molecule has 2 aromatic carbocycles. The van der Waals surface area contributed by atoms with Gasteiger partial charge in [0.2, 0.25) is 0 Å². The number of rotatable bonds is 7. The summed E-state index contributed by atoms with van der Waals surface area (Å²) in [5.41, 5.74) is 3.11. The number of anilines is 2. The Bertz CT molecular complexity index is 895. The smallest absolute Gasteiger partial charge is 0.267 e. The average Bonchev–Trinajstić information content (AvgIpc) is 2.96. The van der Waals surface area contributed by atoms with Crippen molar-refractivity contribution in [2.45, 2.75) is 13.8 Å². The van der Waals surface area contributed by atoms with Gasteiger partial charge in [0, 0.05) is 28.9 Å². The third-order valence-electron chi connectivity index (χ3n) is 4.49. The number of carbonyl (C=O) groups excluding carboxylic acids is 1. The van der Waals surface area contributed by atoms with Crippen molar-refractivity contribution in [1.82, 2.24) is 4.90 Å². The molecule has 1 fully saturated rings. The first-order valence-electron chi connectivity index (χ1n) is 9.12. The Labute approximate surface area is 184 Å². The molecule has 7 heteroatoms. The van der Waals surface area contributed by atoms with Crippen molar-refractivity contribution in [3.63, 3.8) is 0 Å². The Balaban J connectivity index is 1.69. The van der Waals surface area contributed by atoms with Crippen LogP contribution in [-0.2, 0) is 4.79 Å². The molecule has 0 atom stereocenters. The van der Waals surface area contributed by atoms with E-state index in [9.17, 15) is 4.79 Å². The van der Waals surface area contributed by atoms with Gasteiger partial charge in [0.05, 0.1) is 11.6 Å². The predicted molar refractivity (Wildman–Crippen MR) is 128 cm³/mol. The molecule has 146 valence electrons. The van der Waals surface area contributed by atoms with Gasteiger partial charge in [-0.2, -0.15) is 0 Å². The van der Waals surface area contributed by atoms with Crippen molar-refractivity contribution < 1.29 is 4.79 Å². The highest BCUT2D eigenvalue weighted by Crippen LogP contribution is 2.33. The van der Waals surface area contributed by atoms with Gasteiger partial charge < -0.3 is 10.2 Å². The summed E-state index contributed by atoms with van der Waals surface area (Å²) in [6, 6.07) is 16.1. The molecule has 3 rings (SSSR count). The summed E-state index contributed by atoms with van der Waals surface area (Å²) in [5.74, 6) is -0.0672. The second-order valence-corrected chi connectivity index (χ2v) is 8.72. The largest absolute Gasteiger partial charge is 0.372 e. The van der Waals surface area contributed by atoms with Gasteiger partial charge in [-0.3, -0.25) is 9.69 Å². The zero-order valence-electron chi connectivity index (χ0n) is 15.8. The van der Waals surface area contributed by atoms with E-state index < -0.39 is 0 Å². The van der Waals surface area contributed by atoms with Crippen molar-refractivity contribution in [1.29, 1.82) is 0 Å². The molecule has 0 aromatic heterocycles. The van der Waals surface area contributed by atoms with Gasteiger partial charge in [-0.1, -0.05) is 48.2 Å². The van der Waals surface area contributed by atoms with E-state index in [1.807, 2.05) is 42.5 Å². The Hall–Kier alpha value is -1.83. The lowest BCUT2D eigenvalue weighted by Crippen LogP contribution is -2.33. The zero-order valence-corrected chi connectivity index (χ0v) is 19.0. The van der Waals surface area contributed by atoms with E-state index in [0.29, 0.717) is 15.9 Å². The predicted octanol–water partition coefficient (Wildman–Crippen LogP) is 5.57. The van der Waals surface area contributed by atoms with Gasteiger partial charge in [-0.05, 0) is 65.7 Å². The first-order chi connectivity index (χ1) is 13.5. The molecule has 1 N–H and O–H groups in total. The molecule has 2 aromatic rings. The molecule has 1 heterocycles. The van der Waals surface area contributed by atoms with Crippen LogP contribution in [0.1, 0.15) is 19.4 Å². The maximum absolute atomic E-state index is 12.8. The first-order valence-corrected chi connectivity index (χ1v) is 11.1. The van der Waals surface area contributed by atoms with Crippen LogP contribution >= 0.6 is 39.9 Å². The van der Waals surface area contributed by atoms with E-state index in [1.54, 1.807) is 4.90 Å². The molecule has 0 unspecified atom stereocenters. The number of carbonyl (C=O) groups is 1. The van der Waals surface area contributed by atoms with E-state index in [0.717, 1.165) is 28.8 Å². The third-order valence-corrected chi connectivity index (χ3v) is 6.56. The number of thioether (sulfide) groups is 1. The van der Waals surface area contributed by atoms with E-state index in [4.69, 9.17) is 12.2 Å². The average molecular weight is 476 g/mol. The molecule has 0 bridgehead atoms. The lowest BCUT2D eigenvalue weighted by Gasteiger charge is -2.20. The quantitative estimate of drug-likeness (QED) is 0.418. The van der Waals surface area contributed by atoms with Crippen molar-refractivity contribution >= 4 is 67.6 Å². The van der Waals surface area contributed by atoms with Crippen LogP contribution in [0, 0.1) is 0 Å². The van der Waals surface area contributed by atoms with Crippen LogP contribution in [0.15, 0.2) is 57.9 Å². The van der Waals surface area contributed by atoms with Crippen LogP contribution in [0.2, 0.25) is 0 Å². The Morgan fingerprint density at radius 1 is 1.14 bits per heavy atom. The van der Waals surface area contributed by atoms with Gasteiger partial charge in [0.25, 0.3) is 5.91 Å². The summed E-state index contributed by atoms with van der Waals surface area (Å²) in [4.78, 5) is 17.3. The summed E-state index contributed by atoms with van der Waals surface area (Å²) in [6.45, 7) is 6.57. The maximum Gasteiger partial charge on any atom is 0.267 e. The summed E-state index contributed by atoms with van der Waals surface area (Å²) >= 11 is 10.3. The van der Waals surface area contributed by atoms with Crippen molar-refractivity contribution in [2.24, 2.45) is 0 Å². The van der Waals surface area contributed by atoms with Crippen LogP contribution in [0.5, 0.6) is 0 Å². The van der Waals surface area contributed by atoms with Gasteiger partial charge in [-0.15, -0.1) is 0 Å². The number of hydrogen-bond donors (Lipinski definition) is 1. The SMILES string of the molecule is CCN(CC)c1ccc(C=C2SC(=S)N(CNc3ccccc3Br)C2=O)cc1. The zero-order chi connectivity index (χ0) is 20.1. The summed E-state index contributed by atoms with van der Waals surface area (Å²) in [5, 5.41) is 3.26. The minimum Gasteiger partial charge on any atom is -0.372 e. The van der Waals surface area contributed by atoms with E-state index in [1.165, 1.54) is 17.4 Å². The highest BCUT2D eigenvalue weighted by Gasteiger charge is 2.31. The molecule has 0 saturated carbocycles. The summed E-state index contributed by atoms with van der Waals surface area (Å²) < 4.78 is 1.51. The highest BCUT2D eigenvalue weighted by molar-refractivity contribution is 9.10. The summed E-state index contributed by atoms with van der Waals surface area (Å²) in [6.07, 6.45) is 1.91. The normalized spacial score (nSPS) is 15.4. The lowest BCUT2D eigenvalue weighted by atomic mass is 10.1. The first kappa shape index (κ1) is 20.9. The van der Waals surface area contributed by atoms with Crippen LogP contribution in [0.25, 0.3) is 6.08 Å². The van der Waals surface area contributed by atoms with Crippen molar-refractivity contribution in [2.75, 3.05) is 30.0 Å². The molecular weight excluding hydrogens is 454 g/mol. The monoisotopic (exact) mass is 475 g/mol. The van der Waals surface area contributed by atoms with Gasteiger partial charge in [-0.25, -0.2) is 0 Å². The highest BCUT2D eigenvalue weighted by atomic mass is 79.9. The number of thiocarbonyl (C=S) groups is 1. The Kier molecular flexibility index (Phi) is 7.15. The van der Waals surface area contributed by atoms with Gasteiger partial charge in [0.15, 0.2) is 0 Å². The van der Waals surface area contributed by atoms with Crippen LogP contribution in [0.3, 0.4) is 0 Å². The second-order valence-electron chi connectivity index (χ2n) is 6.19. The number of hydrogen-bond acceptors (Lipinski definition) is 5. The molecule has 1 amide bonds. The minimum absolute atomic E-state index is 0.0672. The number of halogens is 1. The number of nitrogens with zero attached hydrogens (tertiary/aromatic N) is 2. The minimum atomic E-state index is -0.0672. The van der Waals surface area contributed by atoms with Gasteiger partial charge >= 0.3 is 0 Å². The molecule has 0 spiro atoms. The molecule has 1 aliphatic rings. The number of nitrogens with one attached hydrogen (secondary N) is 1. The maximum atomic E-state index is 12.8. The molecule has 1 aliphatic heterocycles. The molecule has 1 saturated heterocycles. The molecular formula is C21H22BrN3OS2. The van der Waals surface area contributed by atoms with Crippen molar-refractivity contribution in [3.8, 4) is 0 Å². The fourth-order valence-electron chi connectivity index (χ4n) is 2.93.